The second-order valence-electron chi connectivity index (χ2n) is 6.24. The maximum absolute atomic E-state index is 12.3. The van der Waals surface area contributed by atoms with Gasteiger partial charge in [-0.1, -0.05) is 20.8 Å². The number of carboxylic acid groups (broad SMARTS) is 1. The SMILES string of the molecule is CC1CCC(NC(=O)c2cnc(C(C)C)s2)(C(=O)O)CC1. The van der Waals surface area contributed by atoms with Crippen molar-refractivity contribution in [1.29, 1.82) is 0 Å². The van der Waals surface area contributed by atoms with E-state index in [4.69, 9.17) is 0 Å². The summed E-state index contributed by atoms with van der Waals surface area (Å²) in [6.07, 6.45) is 4.17. The van der Waals surface area contributed by atoms with Gasteiger partial charge < -0.3 is 10.4 Å². The highest BCUT2D eigenvalue weighted by molar-refractivity contribution is 7.13. The first kappa shape index (κ1) is 15.9. The molecule has 1 aliphatic carbocycles. The van der Waals surface area contributed by atoms with Gasteiger partial charge in [-0.2, -0.15) is 0 Å². The van der Waals surface area contributed by atoms with Crippen molar-refractivity contribution in [1.82, 2.24) is 10.3 Å². The van der Waals surface area contributed by atoms with E-state index >= 15 is 0 Å². The van der Waals surface area contributed by atoms with Crippen molar-refractivity contribution in [3.63, 3.8) is 0 Å². The minimum atomic E-state index is -1.12. The van der Waals surface area contributed by atoms with Crippen LogP contribution in [0.3, 0.4) is 0 Å². The standard InChI is InChI=1S/C15H22N2O3S/c1-9(2)13-16-8-11(21-13)12(18)17-15(14(19)20)6-4-10(3)5-7-15/h8-10H,4-7H2,1-3H3,(H,17,18)(H,19,20). The van der Waals surface area contributed by atoms with Crippen molar-refractivity contribution >= 4 is 23.2 Å². The molecule has 116 valence electrons. The van der Waals surface area contributed by atoms with Gasteiger partial charge in [-0.3, -0.25) is 4.79 Å². The number of aromatic nitrogens is 1. The van der Waals surface area contributed by atoms with Crippen molar-refractivity contribution in [3.05, 3.63) is 16.1 Å². The molecule has 2 rings (SSSR count). The summed E-state index contributed by atoms with van der Waals surface area (Å²) in [5.74, 6) is -0.474. The molecule has 1 aromatic rings. The van der Waals surface area contributed by atoms with Crippen LogP contribution in [-0.4, -0.2) is 27.5 Å². The maximum atomic E-state index is 12.3. The van der Waals surface area contributed by atoms with E-state index in [1.54, 1.807) is 0 Å². The van der Waals surface area contributed by atoms with E-state index in [2.05, 4.69) is 17.2 Å². The number of carbonyl (C=O) groups is 2. The molecule has 0 bridgehead atoms. The van der Waals surface area contributed by atoms with Crippen LogP contribution >= 0.6 is 11.3 Å². The molecule has 1 saturated carbocycles. The van der Waals surface area contributed by atoms with E-state index in [9.17, 15) is 14.7 Å². The van der Waals surface area contributed by atoms with Gasteiger partial charge in [0.05, 0.1) is 11.2 Å². The van der Waals surface area contributed by atoms with Gasteiger partial charge in [-0.25, -0.2) is 9.78 Å². The quantitative estimate of drug-likeness (QED) is 0.896. The Kier molecular flexibility index (Phi) is 4.66. The van der Waals surface area contributed by atoms with Gasteiger partial charge in [0.15, 0.2) is 0 Å². The Bertz CT molecular complexity index is 531. The minimum Gasteiger partial charge on any atom is -0.480 e. The van der Waals surface area contributed by atoms with E-state index in [0.717, 1.165) is 17.8 Å². The zero-order valence-corrected chi connectivity index (χ0v) is 13.5. The lowest BCUT2D eigenvalue weighted by atomic mass is 9.77. The molecule has 1 aliphatic rings. The van der Waals surface area contributed by atoms with Gasteiger partial charge in [0, 0.05) is 5.92 Å². The van der Waals surface area contributed by atoms with Crippen LogP contribution < -0.4 is 5.32 Å². The highest BCUT2D eigenvalue weighted by Crippen LogP contribution is 2.33. The van der Waals surface area contributed by atoms with Gasteiger partial charge in [0.25, 0.3) is 5.91 Å². The molecule has 5 nitrogen and oxygen atoms in total. The van der Waals surface area contributed by atoms with Crippen molar-refractivity contribution in [3.8, 4) is 0 Å². The summed E-state index contributed by atoms with van der Waals surface area (Å²) in [6, 6.07) is 0. The largest absolute Gasteiger partial charge is 0.480 e. The number of aliphatic carboxylic acids is 1. The molecule has 0 atom stereocenters. The van der Waals surface area contributed by atoms with Crippen LogP contribution in [0.5, 0.6) is 0 Å². The summed E-state index contributed by atoms with van der Waals surface area (Å²) in [5.41, 5.74) is -1.12. The number of hydrogen-bond donors (Lipinski definition) is 2. The van der Waals surface area contributed by atoms with Gasteiger partial charge in [-0.05, 0) is 31.6 Å². The lowest BCUT2D eigenvalue weighted by Crippen LogP contribution is -2.56. The summed E-state index contributed by atoms with van der Waals surface area (Å²) in [5, 5.41) is 13.2. The van der Waals surface area contributed by atoms with Crippen molar-refractivity contribution < 1.29 is 14.7 Å². The summed E-state index contributed by atoms with van der Waals surface area (Å²) in [4.78, 5) is 28.7. The molecule has 2 N–H and O–H groups in total. The third kappa shape index (κ3) is 3.43. The number of amides is 1. The molecule has 0 radical (unpaired) electrons. The second-order valence-corrected chi connectivity index (χ2v) is 7.30. The first-order valence-corrected chi connectivity index (χ1v) is 8.17. The molecule has 0 aliphatic heterocycles. The molecule has 0 aromatic carbocycles. The number of nitrogens with one attached hydrogen (secondary N) is 1. The van der Waals surface area contributed by atoms with Crippen LogP contribution in [0.1, 0.15) is 67.1 Å². The summed E-state index contributed by atoms with van der Waals surface area (Å²) in [6.45, 7) is 6.15. The topological polar surface area (TPSA) is 79.3 Å². The fraction of sp³-hybridized carbons (Fsp3) is 0.667. The Morgan fingerprint density at radius 1 is 1.43 bits per heavy atom. The van der Waals surface area contributed by atoms with Crippen molar-refractivity contribution in [2.24, 2.45) is 5.92 Å². The summed E-state index contributed by atoms with van der Waals surface area (Å²) in [7, 11) is 0. The maximum Gasteiger partial charge on any atom is 0.329 e. The lowest BCUT2D eigenvalue weighted by Gasteiger charge is -2.36. The fourth-order valence-corrected chi connectivity index (χ4v) is 3.40. The molecule has 1 amide bonds. The van der Waals surface area contributed by atoms with E-state index in [-0.39, 0.29) is 11.8 Å². The molecule has 1 heterocycles. The average molecular weight is 310 g/mol. The minimum absolute atomic E-state index is 0.264. The lowest BCUT2D eigenvalue weighted by molar-refractivity contribution is -0.146. The smallest absolute Gasteiger partial charge is 0.329 e. The van der Waals surface area contributed by atoms with Crippen molar-refractivity contribution in [2.45, 2.75) is 57.9 Å². The van der Waals surface area contributed by atoms with Crippen LogP contribution in [0.2, 0.25) is 0 Å². The number of thiazole rings is 1. The fourth-order valence-electron chi connectivity index (χ4n) is 2.59. The van der Waals surface area contributed by atoms with E-state index < -0.39 is 11.5 Å². The number of rotatable bonds is 4. The summed E-state index contributed by atoms with van der Waals surface area (Å²) >= 11 is 1.33. The predicted molar refractivity (Wildman–Crippen MR) is 81.7 cm³/mol. The van der Waals surface area contributed by atoms with Gasteiger partial charge in [0.2, 0.25) is 0 Å². The molecule has 1 aromatic heterocycles. The third-order valence-electron chi connectivity index (χ3n) is 4.13. The molecule has 1 fully saturated rings. The van der Waals surface area contributed by atoms with Crippen LogP contribution in [0.15, 0.2) is 6.20 Å². The Morgan fingerprint density at radius 3 is 2.52 bits per heavy atom. The molecule has 0 unspecified atom stereocenters. The molecule has 0 spiro atoms. The highest BCUT2D eigenvalue weighted by Gasteiger charge is 2.42. The number of carboxylic acids is 1. The number of carbonyl (C=O) groups excluding carboxylic acids is 1. The molecular weight excluding hydrogens is 288 g/mol. The highest BCUT2D eigenvalue weighted by atomic mass is 32.1. The molecule has 21 heavy (non-hydrogen) atoms. The third-order valence-corrected chi connectivity index (χ3v) is 5.43. The summed E-state index contributed by atoms with van der Waals surface area (Å²) < 4.78 is 0. The van der Waals surface area contributed by atoms with Crippen LogP contribution in [0, 0.1) is 5.92 Å². The first-order valence-electron chi connectivity index (χ1n) is 7.35. The Balaban J connectivity index is 2.13. The Morgan fingerprint density at radius 2 is 2.05 bits per heavy atom. The normalized spacial score (nSPS) is 25.8. The number of hydrogen-bond acceptors (Lipinski definition) is 4. The van der Waals surface area contributed by atoms with Gasteiger partial charge in [-0.15, -0.1) is 11.3 Å². The van der Waals surface area contributed by atoms with E-state index in [0.29, 0.717) is 23.6 Å². The average Bonchev–Trinajstić information content (AvgIpc) is 2.91. The van der Waals surface area contributed by atoms with Crippen molar-refractivity contribution in [2.75, 3.05) is 0 Å². The van der Waals surface area contributed by atoms with Gasteiger partial charge >= 0.3 is 5.97 Å². The van der Waals surface area contributed by atoms with E-state index in [1.165, 1.54) is 17.5 Å². The zero-order chi connectivity index (χ0) is 15.6. The molecule has 0 saturated heterocycles. The zero-order valence-electron chi connectivity index (χ0n) is 12.7. The Hall–Kier alpha value is -1.43. The van der Waals surface area contributed by atoms with Gasteiger partial charge in [0.1, 0.15) is 10.4 Å². The van der Waals surface area contributed by atoms with E-state index in [1.807, 2.05) is 13.8 Å². The second kappa shape index (κ2) is 6.13. The predicted octanol–water partition coefficient (Wildman–Crippen LogP) is 3.03. The number of nitrogens with zero attached hydrogens (tertiary/aromatic N) is 1. The van der Waals surface area contributed by atoms with Crippen LogP contribution in [0.4, 0.5) is 0 Å². The monoisotopic (exact) mass is 310 g/mol. The van der Waals surface area contributed by atoms with Crippen LogP contribution in [0.25, 0.3) is 0 Å². The first-order chi connectivity index (χ1) is 9.84. The molecular formula is C15H22N2O3S. The molecule has 6 heteroatoms. The van der Waals surface area contributed by atoms with Crippen LogP contribution in [-0.2, 0) is 4.79 Å². The Labute approximate surface area is 128 Å².